The fraction of sp³-hybridized carbons (Fsp3) is 0.455. The average molecular weight is 278 g/mol. The lowest BCUT2D eigenvalue weighted by molar-refractivity contribution is 0.414. The predicted molar refractivity (Wildman–Crippen MR) is 68.1 cm³/mol. The molecule has 1 aromatic rings. The molecule has 0 bridgehead atoms. The van der Waals surface area contributed by atoms with Crippen LogP contribution < -0.4 is 9.46 Å². The smallest absolute Gasteiger partial charge is 0.242 e. The quantitative estimate of drug-likeness (QED) is 0.813. The molecule has 0 unspecified atom stereocenters. The Morgan fingerprint density at radius 1 is 1.41 bits per heavy atom. The van der Waals surface area contributed by atoms with E-state index in [2.05, 4.69) is 4.72 Å². The topological polar surface area (TPSA) is 55.4 Å². The van der Waals surface area contributed by atoms with Gasteiger partial charge in [-0.05, 0) is 18.6 Å². The number of benzene rings is 1. The fourth-order valence-corrected chi connectivity index (χ4v) is 2.89. The van der Waals surface area contributed by atoms with Crippen LogP contribution in [0.15, 0.2) is 23.1 Å². The second-order valence-corrected chi connectivity index (χ2v) is 5.69. The van der Waals surface area contributed by atoms with E-state index < -0.39 is 10.0 Å². The fourth-order valence-electron chi connectivity index (χ4n) is 1.29. The van der Waals surface area contributed by atoms with Gasteiger partial charge in [0, 0.05) is 12.6 Å². The Labute approximate surface area is 107 Å². The third-order valence-electron chi connectivity index (χ3n) is 2.25. The number of rotatable bonds is 6. The Kier molecular flexibility index (Phi) is 5.24. The van der Waals surface area contributed by atoms with E-state index in [1.807, 2.05) is 6.92 Å². The summed E-state index contributed by atoms with van der Waals surface area (Å²) in [5, 5.41) is 0.161. The van der Waals surface area contributed by atoms with Crippen LogP contribution in [0.2, 0.25) is 5.02 Å². The van der Waals surface area contributed by atoms with Gasteiger partial charge in [-0.2, -0.15) is 0 Å². The van der Waals surface area contributed by atoms with Crippen LogP contribution in [0.4, 0.5) is 0 Å². The summed E-state index contributed by atoms with van der Waals surface area (Å²) in [7, 11) is -2.03. The van der Waals surface area contributed by atoms with Gasteiger partial charge < -0.3 is 4.74 Å². The summed E-state index contributed by atoms with van der Waals surface area (Å²) in [5.41, 5.74) is 0. The second-order valence-electron chi connectivity index (χ2n) is 3.55. The molecule has 0 radical (unpaired) electrons. The van der Waals surface area contributed by atoms with E-state index in [9.17, 15) is 8.42 Å². The van der Waals surface area contributed by atoms with Crippen LogP contribution in [-0.2, 0) is 10.0 Å². The first-order chi connectivity index (χ1) is 8.01. The van der Waals surface area contributed by atoms with Gasteiger partial charge in [-0.15, -0.1) is 0 Å². The minimum atomic E-state index is -3.53. The Balaban J connectivity index is 2.91. The zero-order valence-corrected chi connectivity index (χ0v) is 11.4. The summed E-state index contributed by atoms with van der Waals surface area (Å²) in [5.74, 6) is 0.530. The van der Waals surface area contributed by atoms with Crippen LogP contribution in [-0.4, -0.2) is 22.1 Å². The third-order valence-corrected chi connectivity index (χ3v) is 4.19. The van der Waals surface area contributed by atoms with Crippen molar-refractivity contribution in [2.24, 2.45) is 0 Å². The van der Waals surface area contributed by atoms with E-state index in [-0.39, 0.29) is 9.92 Å². The number of unbranched alkanes of at least 4 members (excludes halogenated alkanes) is 1. The highest BCUT2D eigenvalue weighted by Gasteiger charge is 2.17. The molecule has 1 rings (SSSR count). The normalized spacial score (nSPS) is 11.5. The van der Waals surface area contributed by atoms with E-state index in [4.69, 9.17) is 16.3 Å². The Hall–Kier alpha value is -0.780. The minimum absolute atomic E-state index is 0.0797. The number of methoxy groups -OCH3 is 1. The highest BCUT2D eigenvalue weighted by molar-refractivity contribution is 7.89. The van der Waals surface area contributed by atoms with Gasteiger partial charge in [-0.1, -0.05) is 24.9 Å². The average Bonchev–Trinajstić information content (AvgIpc) is 2.28. The highest BCUT2D eigenvalue weighted by atomic mass is 35.5. The summed E-state index contributed by atoms with van der Waals surface area (Å²) in [4.78, 5) is 0.0797. The second kappa shape index (κ2) is 6.23. The van der Waals surface area contributed by atoms with Gasteiger partial charge >= 0.3 is 0 Å². The van der Waals surface area contributed by atoms with Crippen molar-refractivity contribution >= 4 is 21.6 Å². The number of halogens is 1. The van der Waals surface area contributed by atoms with Gasteiger partial charge in [0.1, 0.15) is 10.6 Å². The van der Waals surface area contributed by atoms with Crippen molar-refractivity contribution in [3.8, 4) is 5.75 Å². The zero-order chi connectivity index (χ0) is 12.9. The molecule has 0 fully saturated rings. The first-order valence-corrected chi connectivity index (χ1v) is 7.20. The van der Waals surface area contributed by atoms with Crippen LogP contribution in [0, 0.1) is 0 Å². The van der Waals surface area contributed by atoms with Crippen LogP contribution in [0.1, 0.15) is 19.8 Å². The zero-order valence-electron chi connectivity index (χ0n) is 9.86. The molecule has 0 amide bonds. The maximum atomic E-state index is 11.9. The van der Waals surface area contributed by atoms with E-state index in [0.717, 1.165) is 12.8 Å². The van der Waals surface area contributed by atoms with Gasteiger partial charge in [0.2, 0.25) is 10.0 Å². The van der Waals surface area contributed by atoms with Crippen LogP contribution in [0.25, 0.3) is 0 Å². The van der Waals surface area contributed by atoms with Crippen molar-refractivity contribution < 1.29 is 13.2 Å². The predicted octanol–water partition coefficient (Wildman–Crippen LogP) is 2.43. The molecule has 4 nitrogen and oxygen atoms in total. The van der Waals surface area contributed by atoms with Crippen LogP contribution >= 0.6 is 11.6 Å². The van der Waals surface area contributed by atoms with Gasteiger partial charge in [-0.3, -0.25) is 0 Å². The summed E-state index contributed by atoms with van der Waals surface area (Å²) in [6.07, 6.45) is 1.73. The molecule has 17 heavy (non-hydrogen) atoms. The minimum Gasteiger partial charge on any atom is -0.497 e. The molecule has 0 aromatic heterocycles. The third kappa shape index (κ3) is 3.87. The molecule has 0 spiro atoms. The van der Waals surface area contributed by atoms with Crippen molar-refractivity contribution in [2.45, 2.75) is 24.7 Å². The lowest BCUT2D eigenvalue weighted by Crippen LogP contribution is -2.24. The molecule has 0 aliphatic heterocycles. The van der Waals surface area contributed by atoms with E-state index >= 15 is 0 Å². The SMILES string of the molecule is CCCCNS(=O)(=O)c1ccc(OC)cc1Cl. The standard InChI is InChI=1S/C11H16ClNO3S/c1-3-4-7-13-17(14,15)11-6-5-9(16-2)8-10(11)12/h5-6,8,13H,3-4,7H2,1-2H3. The Morgan fingerprint density at radius 3 is 2.65 bits per heavy atom. The molecule has 0 saturated heterocycles. The number of nitrogens with one attached hydrogen (secondary N) is 1. The molecule has 0 heterocycles. The summed E-state index contributed by atoms with van der Waals surface area (Å²) in [6, 6.07) is 4.49. The van der Waals surface area contributed by atoms with Crippen molar-refractivity contribution in [2.75, 3.05) is 13.7 Å². The van der Waals surface area contributed by atoms with E-state index in [1.165, 1.54) is 19.2 Å². The van der Waals surface area contributed by atoms with Gasteiger partial charge in [0.05, 0.1) is 12.1 Å². The number of hydrogen-bond acceptors (Lipinski definition) is 3. The molecule has 0 aliphatic rings. The molecule has 96 valence electrons. The van der Waals surface area contributed by atoms with Gasteiger partial charge in [-0.25, -0.2) is 13.1 Å². The van der Waals surface area contributed by atoms with Crippen LogP contribution in [0.5, 0.6) is 5.75 Å². The van der Waals surface area contributed by atoms with Crippen LogP contribution in [0.3, 0.4) is 0 Å². The largest absolute Gasteiger partial charge is 0.497 e. The molecular formula is C11H16ClNO3S. The first kappa shape index (κ1) is 14.3. The molecule has 0 saturated carbocycles. The summed E-state index contributed by atoms with van der Waals surface area (Å²) < 4.78 is 31.2. The van der Waals surface area contributed by atoms with E-state index in [0.29, 0.717) is 12.3 Å². The maximum Gasteiger partial charge on any atom is 0.242 e. The molecule has 6 heteroatoms. The first-order valence-electron chi connectivity index (χ1n) is 5.34. The lowest BCUT2D eigenvalue weighted by atomic mass is 10.3. The number of hydrogen-bond donors (Lipinski definition) is 1. The maximum absolute atomic E-state index is 11.9. The van der Waals surface area contributed by atoms with Crippen molar-refractivity contribution in [1.82, 2.24) is 4.72 Å². The summed E-state index contributed by atoms with van der Waals surface area (Å²) >= 11 is 5.91. The Morgan fingerprint density at radius 2 is 2.12 bits per heavy atom. The number of ether oxygens (including phenoxy) is 1. The molecular weight excluding hydrogens is 262 g/mol. The van der Waals surface area contributed by atoms with Gasteiger partial charge in [0.25, 0.3) is 0 Å². The van der Waals surface area contributed by atoms with Gasteiger partial charge in [0.15, 0.2) is 0 Å². The Bertz CT molecular complexity index is 474. The molecule has 0 aliphatic carbocycles. The highest BCUT2D eigenvalue weighted by Crippen LogP contribution is 2.25. The molecule has 0 atom stereocenters. The number of sulfonamides is 1. The summed E-state index contributed by atoms with van der Waals surface area (Å²) in [6.45, 7) is 2.41. The molecule has 1 N–H and O–H groups in total. The molecule has 1 aromatic carbocycles. The van der Waals surface area contributed by atoms with E-state index in [1.54, 1.807) is 6.07 Å². The lowest BCUT2D eigenvalue weighted by Gasteiger charge is -2.09. The van der Waals surface area contributed by atoms with Crippen molar-refractivity contribution in [1.29, 1.82) is 0 Å². The van der Waals surface area contributed by atoms with Crippen molar-refractivity contribution in [3.05, 3.63) is 23.2 Å². The monoisotopic (exact) mass is 277 g/mol. The van der Waals surface area contributed by atoms with Crippen molar-refractivity contribution in [3.63, 3.8) is 0 Å².